The maximum atomic E-state index is 12.3. The molecule has 2 N–H and O–H groups in total. The number of piperazine rings is 1. The quantitative estimate of drug-likeness (QED) is 0.805. The average Bonchev–Trinajstić information content (AvgIpc) is 2.48. The van der Waals surface area contributed by atoms with E-state index in [0.29, 0.717) is 6.54 Å². The van der Waals surface area contributed by atoms with Crippen molar-refractivity contribution < 1.29 is 9.90 Å². The Bertz CT molecular complexity index is 427. The maximum absolute atomic E-state index is 12.3. The van der Waals surface area contributed by atoms with Gasteiger partial charge < -0.3 is 15.3 Å². The van der Waals surface area contributed by atoms with Gasteiger partial charge in [-0.05, 0) is 24.7 Å². The first-order valence-electron chi connectivity index (χ1n) is 7.09. The van der Waals surface area contributed by atoms with Gasteiger partial charge >= 0.3 is 0 Å². The molecule has 1 aromatic carbocycles. The molecule has 0 atom stereocenters. The number of aliphatic hydroxyl groups excluding tert-OH is 1. The summed E-state index contributed by atoms with van der Waals surface area (Å²) in [6.45, 7) is 4.89. The molecule has 5 heteroatoms. The van der Waals surface area contributed by atoms with E-state index in [2.05, 4.69) is 5.32 Å². The second-order valence-electron chi connectivity index (χ2n) is 5.20. The van der Waals surface area contributed by atoms with Gasteiger partial charge in [0.25, 0.3) is 5.91 Å². The molecule has 1 saturated heterocycles. The standard InChI is InChI=1S/C15H23N3O2/c1-17(10-11-19)12-13-2-4-14(5-3-13)15(20)18-8-6-16-7-9-18/h2-5,16,19H,6-12H2,1H3. The first-order valence-corrected chi connectivity index (χ1v) is 7.09. The van der Waals surface area contributed by atoms with E-state index in [1.54, 1.807) is 0 Å². The lowest BCUT2D eigenvalue weighted by molar-refractivity contribution is 0.0736. The summed E-state index contributed by atoms with van der Waals surface area (Å²) in [5.41, 5.74) is 1.90. The van der Waals surface area contributed by atoms with Crippen LogP contribution in [0, 0.1) is 0 Å². The van der Waals surface area contributed by atoms with E-state index >= 15 is 0 Å². The van der Waals surface area contributed by atoms with Crippen molar-refractivity contribution in [2.45, 2.75) is 6.54 Å². The third-order valence-corrected chi connectivity index (χ3v) is 3.54. The van der Waals surface area contributed by atoms with Crippen molar-refractivity contribution in [3.63, 3.8) is 0 Å². The van der Waals surface area contributed by atoms with Crippen molar-refractivity contribution in [1.82, 2.24) is 15.1 Å². The highest BCUT2D eigenvalue weighted by Crippen LogP contribution is 2.10. The van der Waals surface area contributed by atoms with Crippen molar-refractivity contribution in [2.24, 2.45) is 0 Å². The second-order valence-corrected chi connectivity index (χ2v) is 5.20. The van der Waals surface area contributed by atoms with Crippen LogP contribution in [0.1, 0.15) is 15.9 Å². The number of hydrogen-bond donors (Lipinski definition) is 2. The van der Waals surface area contributed by atoms with Crippen molar-refractivity contribution >= 4 is 5.91 Å². The van der Waals surface area contributed by atoms with Crippen LogP contribution >= 0.6 is 0 Å². The van der Waals surface area contributed by atoms with Gasteiger partial charge in [0.2, 0.25) is 0 Å². The molecular formula is C15H23N3O2. The molecular weight excluding hydrogens is 254 g/mol. The lowest BCUT2D eigenvalue weighted by atomic mass is 10.1. The van der Waals surface area contributed by atoms with Crippen molar-refractivity contribution in [2.75, 3.05) is 46.4 Å². The molecule has 1 aromatic rings. The summed E-state index contributed by atoms with van der Waals surface area (Å²) in [5.74, 6) is 0.113. The Morgan fingerprint density at radius 3 is 2.55 bits per heavy atom. The summed E-state index contributed by atoms with van der Waals surface area (Å²) in [5, 5.41) is 12.1. The highest BCUT2D eigenvalue weighted by molar-refractivity contribution is 5.94. The van der Waals surface area contributed by atoms with Gasteiger partial charge in [0, 0.05) is 44.8 Å². The van der Waals surface area contributed by atoms with Gasteiger partial charge in [0.1, 0.15) is 0 Å². The summed E-state index contributed by atoms with van der Waals surface area (Å²) >= 11 is 0. The van der Waals surface area contributed by atoms with E-state index in [-0.39, 0.29) is 12.5 Å². The lowest BCUT2D eigenvalue weighted by Gasteiger charge is -2.27. The second kappa shape index (κ2) is 7.38. The van der Waals surface area contributed by atoms with Gasteiger partial charge in [0.05, 0.1) is 6.61 Å². The van der Waals surface area contributed by atoms with E-state index in [9.17, 15) is 4.79 Å². The number of nitrogens with one attached hydrogen (secondary N) is 1. The van der Waals surface area contributed by atoms with Crippen LogP contribution < -0.4 is 5.32 Å². The molecule has 2 rings (SSSR count). The van der Waals surface area contributed by atoms with E-state index in [1.165, 1.54) is 0 Å². The number of benzene rings is 1. The molecule has 1 aliphatic heterocycles. The highest BCUT2D eigenvalue weighted by Gasteiger charge is 2.17. The normalized spacial score (nSPS) is 15.7. The average molecular weight is 277 g/mol. The number of amides is 1. The summed E-state index contributed by atoms with van der Waals surface area (Å²) in [7, 11) is 1.97. The van der Waals surface area contributed by atoms with Crippen molar-refractivity contribution in [3.8, 4) is 0 Å². The van der Waals surface area contributed by atoms with Crippen LogP contribution in [0.15, 0.2) is 24.3 Å². The zero-order chi connectivity index (χ0) is 14.4. The summed E-state index contributed by atoms with van der Waals surface area (Å²) in [6, 6.07) is 7.77. The minimum Gasteiger partial charge on any atom is -0.395 e. The fourth-order valence-corrected chi connectivity index (χ4v) is 2.36. The number of carbonyl (C=O) groups is 1. The van der Waals surface area contributed by atoms with Crippen LogP contribution in [0.4, 0.5) is 0 Å². The molecule has 0 aromatic heterocycles. The first kappa shape index (κ1) is 15.0. The van der Waals surface area contributed by atoms with Crippen molar-refractivity contribution in [1.29, 1.82) is 0 Å². The fraction of sp³-hybridized carbons (Fsp3) is 0.533. The minimum absolute atomic E-state index is 0.113. The van der Waals surface area contributed by atoms with E-state index in [0.717, 1.165) is 43.9 Å². The maximum Gasteiger partial charge on any atom is 0.253 e. The van der Waals surface area contributed by atoms with Gasteiger partial charge in [-0.3, -0.25) is 9.69 Å². The Morgan fingerprint density at radius 1 is 1.30 bits per heavy atom. The molecule has 1 aliphatic rings. The van der Waals surface area contributed by atoms with Gasteiger partial charge in [0.15, 0.2) is 0 Å². The molecule has 1 heterocycles. The number of aliphatic hydroxyl groups is 1. The molecule has 5 nitrogen and oxygen atoms in total. The van der Waals surface area contributed by atoms with Crippen LogP contribution in [0.3, 0.4) is 0 Å². The fourth-order valence-electron chi connectivity index (χ4n) is 2.36. The first-order chi connectivity index (χ1) is 9.70. The van der Waals surface area contributed by atoms with Crippen LogP contribution in [0.2, 0.25) is 0 Å². The number of carbonyl (C=O) groups excluding carboxylic acids is 1. The summed E-state index contributed by atoms with van der Waals surface area (Å²) < 4.78 is 0. The molecule has 0 spiro atoms. The zero-order valence-corrected chi connectivity index (χ0v) is 12.0. The minimum atomic E-state index is 0.113. The van der Waals surface area contributed by atoms with Gasteiger partial charge in [-0.2, -0.15) is 0 Å². The van der Waals surface area contributed by atoms with Crippen LogP contribution in [-0.2, 0) is 6.54 Å². The summed E-state index contributed by atoms with van der Waals surface area (Å²) in [4.78, 5) is 16.2. The number of rotatable bonds is 5. The molecule has 0 aliphatic carbocycles. The predicted octanol–water partition coefficient (Wildman–Crippen LogP) is 0.156. The zero-order valence-electron chi connectivity index (χ0n) is 12.0. The Hall–Kier alpha value is -1.43. The van der Waals surface area contributed by atoms with Crippen molar-refractivity contribution in [3.05, 3.63) is 35.4 Å². The molecule has 1 fully saturated rings. The number of hydrogen-bond acceptors (Lipinski definition) is 4. The van der Waals surface area contributed by atoms with Gasteiger partial charge in [-0.1, -0.05) is 12.1 Å². The molecule has 0 radical (unpaired) electrons. The largest absolute Gasteiger partial charge is 0.395 e. The topological polar surface area (TPSA) is 55.8 Å². The Kier molecular flexibility index (Phi) is 5.52. The Labute approximate surface area is 120 Å². The number of likely N-dealkylation sites (N-methyl/N-ethyl adjacent to an activating group) is 1. The lowest BCUT2D eigenvalue weighted by Crippen LogP contribution is -2.46. The van der Waals surface area contributed by atoms with Gasteiger partial charge in [-0.25, -0.2) is 0 Å². The van der Waals surface area contributed by atoms with E-state index in [1.807, 2.05) is 41.1 Å². The number of nitrogens with zero attached hydrogens (tertiary/aromatic N) is 2. The van der Waals surface area contributed by atoms with Crippen LogP contribution in [0.5, 0.6) is 0 Å². The molecule has 0 bridgehead atoms. The molecule has 0 unspecified atom stereocenters. The summed E-state index contributed by atoms with van der Waals surface area (Å²) in [6.07, 6.45) is 0. The highest BCUT2D eigenvalue weighted by atomic mass is 16.3. The third kappa shape index (κ3) is 4.03. The smallest absolute Gasteiger partial charge is 0.253 e. The van der Waals surface area contributed by atoms with Crippen LogP contribution in [0.25, 0.3) is 0 Å². The third-order valence-electron chi connectivity index (χ3n) is 3.54. The molecule has 20 heavy (non-hydrogen) atoms. The monoisotopic (exact) mass is 277 g/mol. The van der Waals surface area contributed by atoms with Gasteiger partial charge in [-0.15, -0.1) is 0 Å². The predicted molar refractivity (Wildman–Crippen MR) is 78.6 cm³/mol. The Balaban J connectivity index is 1.95. The molecule has 0 saturated carbocycles. The van der Waals surface area contributed by atoms with E-state index in [4.69, 9.17) is 5.11 Å². The van der Waals surface area contributed by atoms with E-state index < -0.39 is 0 Å². The SMILES string of the molecule is CN(CCO)Cc1ccc(C(=O)N2CCNCC2)cc1. The van der Waals surface area contributed by atoms with Crippen LogP contribution in [-0.4, -0.2) is 67.2 Å². The molecule has 1 amide bonds. The Morgan fingerprint density at radius 2 is 1.95 bits per heavy atom. The molecule has 110 valence electrons.